The predicted molar refractivity (Wildman–Crippen MR) is 123 cm³/mol. The molecule has 1 aliphatic rings. The fourth-order valence-electron chi connectivity index (χ4n) is 3.89. The molecule has 0 saturated carbocycles. The van der Waals surface area contributed by atoms with E-state index in [1.54, 1.807) is 5.53 Å². The number of carboxylic acids is 1. The zero-order valence-electron chi connectivity index (χ0n) is 18.8. The molecule has 0 unspecified atom stereocenters. The van der Waals surface area contributed by atoms with Crippen LogP contribution in [-0.2, 0) is 16.1 Å². The Balaban J connectivity index is 1.85. The van der Waals surface area contributed by atoms with Gasteiger partial charge in [0.2, 0.25) is 11.7 Å². The maximum Gasteiger partial charge on any atom is 0.326 e. The molecule has 170 valence electrons. The molecule has 8 heteroatoms. The van der Waals surface area contributed by atoms with Crippen molar-refractivity contribution >= 4 is 17.7 Å². The van der Waals surface area contributed by atoms with Crippen molar-refractivity contribution in [1.82, 2.24) is 15.9 Å². The van der Waals surface area contributed by atoms with Crippen molar-refractivity contribution in [3.63, 3.8) is 0 Å². The molecular weight excluding hydrogens is 406 g/mol. The number of unbranched alkanes of at least 4 members (excludes halogenated alkanes) is 1. The van der Waals surface area contributed by atoms with E-state index >= 15 is 0 Å². The molecular formula is C24H32N5O3+. The first-order valence-corrected chi connectivity index (χ1v) is 11.0. The molecule has 1 heterocycles. The summed E-state index contributed by atoms with van der Waals surface area (Å²) in [6.45, 7) is 5.97. The number of hydrazine groups is 1. The molecule has 0 saturated heterocycles. The van der Waals surface area contributed by atoms with E-state index in [9.17, 15) is 14.7 Å². The summed E-state index contributed by atoms with van der Waals surface area (Å²) < 4.78 is 0. The van der Waals surface area contributed by atoms with Gasteiger partial charge in [-0.05, 0) is 34.1 Å². The molecule has 32 heavy (non-hydrogen) atoms. The van der Waals surface area contributed by atoms with Crippen LogP contribution >= 0.6 is 0 Å². The Morgan fingerprint density at radius 1 is 1.09 bits per heavy atom. The molecule has 8 nitrogen and oxygen atoms in total. The second-order valence-corrected chi connectivity index (χ2v) is 8.27. The summed E-state index contributed by atoms with van der Waals surface area (Å²) >= 11 is 0. The second-order valence-electron chi connectivity index (χ2n) is 8.27. The van der Waals surface area contributed by atoms with Gasteiger partial charge in [-0.15, -0.1) is 5.53 Å². The molecule has 0 spiro atoms. The van der Waals surface area contributed by atoms with Crippen LogP contribution in [0.5, 0.6) is 0 Å². The van der Waals surface area contributed by atoms with E-state index < -0.39 is 12.0 Å². The zero-order valence-corrected chi connectivity index (χ0v) is 18.8. The first kappa shape index (κ1) is 23.4. The molecule has 1 aliphatic heterocycles. The van der Waals surface area contributed by atoms with Crippen LogP contribution in [0, 0.1) is 5.92 Å². The minimum absolute atomic E-state index is 0.114. The molecule has 0 bridgehead atoms. The van der Waals surface area contributed by atoms with E-state index in [-0.39, 0.29) is 18.4 Å². The zero-order chi connectivity index (χ0) is 23.1. The number of amides is 1. The smallest absolute Gasteiger partial charge is 0.326 e. The number of carbonyl (C=O) groups excluding carboxylic acids is 1. The van der Waals surface area contributed by atoms with Crippen molar-refractivity contribution in [3.05, 3.63) is 59.7 Å². The third kappa shape index (κ3) is 5.52. The second kappa shape index (κ2) is 10.9. The molecule has 2 aromatic rings. The largest absolute Gasteiger partial charge is 0.480 e. The van der Waals surface area contributed by atoms with Gasteiger partial charge in [-0.2, -0.15) is 0 Å². The Labute approximate surface area is 188 Å². The topological polar surface area (TPSA) is 111 Å². The standard InChI is InChI=1S/C24H31N5O3/c1-4-5-10-21(30)29(22(16(2)3)24(31)32)15-17-11-13-18(14-12-17)19-8-6-7-9-20(19)23-25-27-28-26-23/h6-9,11-14,16,22,27-28H,4-5,10,15H2,1-3H3,(H,25,26)(H,31,32)/p+1/t22-/m0/s1. The molecule has 3 rings (SSSR count). The van der Waals surface area contributed by atoms with Crippen LogP contribution in [0.2, 0.25) is 0 Å². The van der Waals surface area contributed by atoms with Gasteiger partial charge in [0.15, 0.2) is 0 Å². The van der Waals surface area contributed by atoms with Crippen LogP contribution in [0.3, 0.4) is 0 Å². The number of carbonyl (C=O) groups is 2. The van der Waals surface area contributed by atoms with Crippen molar-refractivity contribution in [2.75, 3.05) is 0 Å². The number of carboxylic acid groups (broad SMARTS) is 1. The van der Waals surface area contributed by atoms with E-state index in [1.165, 1.54) is 4.90 Å². The van der Waals surface area contributed by atoms with E-state index in [4.69, 9.17) is 0 Å². The van der Waals surface area contributed by atoms with Gasteiger partial charge in [-0.25, -0.2) is 4.79 Å². The fourth-order valence-corrected chi connectivity index (χ4v) is 3.89. The van der Waals surface area contributed by atoms with Gasteiger partial charge in [0.05, 0.1) is 0 Å². The Hall–Kier alpha value is -3.23. The summed E-state index contributed by atoms with van der Waals surface area (Å²) in [6, 6.07) is 15.0. The SMILES string of the molecule is CCCCC(=O)N(Cc1ccc(-c2ccccc2C2=N[NH2+]NN2)cc1)[C@H](C(=O)O)C(C)C. The summed E-state index contributed by atoms with van der Waals surface area (Å²) in [6.07, 6.45) is 2.00. The number of rotatable bonds is 10. The lowest BCUT2D eigenvalue weighted by molar-refractivity contribution is -0.713. The van der Waals surface area contributed by atoms with Crippen LogP contribution in [0.25, 0.3) is 11.1 Å². The summed E-state index contributed by atoms with van der Waals surface area (Å²) in [5.41, 5.74) is 11.4. The van der Waals surface area contributed by atoms with Crippen molar-refractivity contribution in [1.29, 1.82) is 0 Å². The molecule has 0 aliphatic carbocycles. The molecule has 5 N–H and O–H groups in total. The van der Waals surface area contributed by atoms with Gasteiger partial charge in [0, 0.05) is 18.5 Å². The van der Waals surface area contributed by atoms with E-state index in [2.05, 4.69) is 16.1 Å². The first-order chi connectivity index (χ1) is 15.4. The number of benzene rings is 2. The molecule has 0 aromatic heterocycles. The summed E-state index contributed by atoms with van der Waals surface area (Å²) in [4.78, 5) is 26.3. The van der Waals surface area contributed by atoms with Crippen LogP contribution in [0.15, 0.2) is 53.6 Å². The van der Waals surface area contributed by atoms with Gasteiger partial charge in [-0.1, -0.05) is 81.3 Å². The third-order valence-corrected chi connectivity index (χ3v) is 5.53. The van der Waals surface area contributed by atoms with Gasteiger partial charge in [0.1, 0.15) is 6.04 Å². The van der Waals surface area contributed by atoms with E-state index in [0.29, 0.717) is 6.42 Å². The lowest BCUT2D eigenvalue weighted by Crippen LogP contribution is -2.87. The molecule has 2 aromatic carbocycles. The van der Waals surface area contributed by atoms with Crippen LogP contribution in [0.4, 0.5) is 0 Å². The Bertz CT molecular complexity index is 972. The number of aliphatic carboxylic acids is 1. The maximum atomic E-state index is 12.9. The Morgan fingerprint density at radius 3 is 2.34 bits per heavy atom. The van der Waals surface area contributed by atoms with Crippen LogP contribution < -0.4 is 16.5 Å². The van der Waals surface area contributed by atoms with Gasteiger partial charge in [-0.3, -0.25) is 10.2 Å². The summed E-state index contributed by atoms with van der Waals surface area (Å²) in [7, 11) is 0. The summed E-state index contributed by atoms with van der Waals surface area (Å²) in [5, 5.41) is 14.1. The summed E-state index contributed by atoms with van der Waals surface area (Å²) in [5.74, 6) is -0.518. The highest BCUT2D eigenvalue weighted by atomic mass is 16.4. The monoisotopic (exact) mass is 438 g/mol. The average molecular weight is 439 g/mol. The van der Waals surface area contributed by atoms with Gasteiger partial charge < -0.3 is 10.0 Å². The number of quaternary nitrogens is 1. The number of nitrogens with zero attached hydrogens (tertiary/aromatic N) is 2. The van der Waals surface area contributed by atoms with Crippen molar-refractivity contribution in [2.24, 2.45) is 11.0 Å². The van der Waals surface area contributed by atoms with Crippen molar-refractivity contribution in [3.8, 4) is 11.1 Å². The van der Waals surface area contributed by atoms with E-state index in [1.807, 2.05) is 69.3 Å². The number of nitrogens with one attached hydrogen (secondary N) is 2. The lowest BCUT2D eigenvalue weighted by atomic mass is 9.97. The molecule has 1 amide bonds. The highest BCUT2D eigenvalue weighted by Gasteiger charge is 2.32. The minimum Gasteiger partial charge on any atom is -0.480 e. The lowest BCUT2D eigenvalue weighted by Gasteiger charge is -2.32. The normalized spacial score (nSPS) is 14.1. The minimum atomic E-state index is -0.967. The predicted octanol–water partition coefficient (Wildman–Crippen LogP) is 2.23. The number of amidine groups is 1. The number of hydrogen-bond donors (Lipinski definition) is 4. The average Bonchev–Trinajstić information content (AvgIpc) is 3.32. The van der Waals surface area contributed by atoms with Crippen molar-refractivity contribution < 1.29 is 20.2 Å². The third-order valence-electron chi connectivity index (χ3n) is 5.53. The van der Waals surface area contributed by atoms with Crippen LogP contribution in [-0.4, -0.2) is 33.8 Å². The number of nitrogens with two attached hydrogens (primary N) is 1. The fraction of sp³-hybridized carbons (Fsp3) is 0.375. The molecule has 0 fully saturated rings. The highest BCUT2D eigenvalue weighted by molar-refractivity contribution is 6.04. The van der Waals surface area contributed by atoms with E-state index in [0.717, 1.165) is 40.9 Å². The molecule has 1 atom stereocenters. The van der Waals surface area contributed by atoms with Crippen molar-refractivity contribution in [2.45, 2.75) is 52.6 Å². The Kier molecular flexibility index (Phi) is 7.97. The Morgan fingerprint density at radius 2 is 1.78 bits per heavy atom. The van der Waals surface area contributed by atoms with Gasteiger partial charge >= 0.3 is 5.97 Å². The maximum absolute atomic E-state index is 12.9. The quantitative estimate of drug-likeness (QED) is 0.425. The highest BCUT2D eigenvalue weighted by Crippen LogP contribution is 2.25. The first-order valence-electron chi connectivity index (χ1n) is 11.0. The molecule has 0 radical (unpaired) electrons. The van der Waals surface area contributed by atoms with Crippen LogP contribution in [0.1, 0.15) is 51.2 Å². The number of hydrogen-bond acceptors (Lipinski definition) is 5. The van der Waals surface area contributed by atoms with Gasteiger partial charge in [0.25, 0.3) is 0 Å².